The molecule has 0 saturated heterocycles. The van der Waals surface area contributed by atoms with E-state index >= 15 is 0 Å². The number of esters is 1. The Morgan fingerprint density at radius 3 is 2.16 bits per heavy atom. The number of rotatable bonds is 5. The average molecular weight is 337 g/mol. The molecule has 0 radical (unpaired) electrons. The van der Waals surface area contributed by atoms with E-state index < -0.39 is 18.2 Å². The van der Waals surface area contributed by atoms with Crippen LogP contribution in [0.4, 0.5) is 0 Å². The van der Waals surface area contributed by atoms with Crippen LogP contribution in [-0.4, -0.2) is 32.2 Å². The summed E-state index contributed by atoms with van der Waals surface area (Å²) in [4.78, 5) is 13.3. The van der Waals surface area contributed by atoms with Gasteiger partial charge in [-0.1, -0.05) is 30.8 Å². The van der Waals surface area contributed by atoms with Gasteiger partial charge in [-0.3, -0.25) is 0 Å². The minimum atomic E-state index is -0.848. The number of aliphatic hydroxyl groups is 1. The lowest BCUT2D eigenvalue weighted by atomic mass is 10.0. The van der Waals surface area contributed by atoms with E-state index in [1.54, 1.807) is 30.8 Å². The molecule has 128 valence electrons. The van der Waals surface area contributed by atoms with Gasteiger partial charge in [0.25, 0.3) is 0 Å². The molecule has 0 aliphatic carbocycles. The van der Waals surface area contributed by atoms with Crippen LogP contribution in [0.25, 0.3) is 16.7 Å². The van der Waals surface area contributed by atoms with Gasteiger partial charge in [-0.15, -0.1) is 10.2 Å². The number of nitrogens with zero attached hydrogens (tertiary/aromatic N) is 3. The fourth-order valence-electron chi connectivity index (χ4n) is 2.43. The Balaban J connectivity index is 1.87. The number of carbonyl (C=O) groups is 1. The zero-order valence-corrected chi connectivity index (χ0v) is 14.1. The van der Waals surface area contributed by atoms with Crippen molar-refractivity contribution in [2.45, 2.75) is 26.1 Å². The first kappa shape index (κ1) is 16.9. The van der Waals surface area contributed by atoms with E-state index in [9.17, 15) is 9.90 Å². The lowest BCUT2D eigenvalue weighted by Gasteiger charge is -2.21. The topological polar surface area (TPSA) is 77.2 Å². The lowest BCUT2D eigenvalue weighted by molar-refractivity contribution is -0.150. The van der Waals surface area contributed by atoms with Crippen molar-refractivity contribution in [2.24, 2.45) is 0 Å². The van der Waals surface area contributed by atoms with E-state index in [2.05, 4.69) is 16.8 Å². The number of ether oxygens (including phenoxy) is 1. The smallest absolute Gasteiger partial charge is 0.333 e. The highest BCUT2D eigenvalue weighted by atomic mass is 16.6. The van der Waals surface area contributed by atoms with Crippen molar-refractivity contribution in [2.75, 3.05) is 0 Å². The lowest BCUT2D eigenvalue weighted by Crippen LogP contribution is -2.21. The molecule has 6 heteroatoms. The van der Waals surface area contributed by atoms with E-state index in [0.29, 0.717) is 5.56 Å². The van der Waals surface area contributed by atoms with E-state index in [0.717, 1.165) is 16.7 Å². The zero-order valence-electron chi connectivity index (χ0n) is 14.1. The summed E-state index contributed by atoms with van der Waals surface area (Å²) in [5.41, 5.74) is 3.36. The van der Waals surface area contributed by atoms with Crippen molar-refractivity contribution >= 4 is 17.0 Å². The molecule has 25 heavy (non-hydrogen) atoms. The van der Waals surface area contributed by atoms with E-state index in [1.165, 1.54) is 0 Å². The first-order valence-electron chi connectivity index (χ1n) is 7.92. The second-order valence-corrected chi connectivity index (χ2v) is 5.92. The molecule has 0 aliphatic rings. The van der Waals surface area contributed by atoms with E-state index in [-0.39, 0.29) is 5.57 Å². The predicted octanol–water partition coefficient (Wildman–Crippen LogP) is 2.96. The Morgan fingerprint density at radius 1 is 1.12 bits per heavy atom. The Bertz CT molecular complexity index is 880. The van der Waals surface area contributed by atoms with Gasteiger partial charge in [-0.2, -0.15) is 4.80 Å². The van der Waals surface area contributed by atoms with Crippen LogP contribution in [0.15, 0.2) is 60.7 Å². The van der Waals surface area contributed by atoms with Gasteiger partial charge < -0.3 is 9.84 Å². The quantitative estimate of drug-likeness (QED) is 0.572. The highest BCUT2D eigenvalue weighted by Gasteiger charge is 2.22. The summed E-state index contributed by atoms with van der Waals surface area (Å²) in [5.74, 6) is -0.532. The third-order valence-electron chi connectivity index (χ3n) is 3.76. The first-order valence-corrected chi connectivity index (χ1v) is 7.92. The maximum absolute atomic E-state index is 11.8. The maximum Gasteiger partial charge on any atom is 0.333 e. The second-order valence-electron chi connectivity index (χ2n) is 5.92. The molecule has 3 rings (SSSR count). The average Bonchev–Trinajstić information content (AvgIpc) is 3.03. The highest BCUT2D eigenvalue weighted by Crippen LogP contribution is 2.24. The molecular formula is C19H19N3O3. The number of hydrogen-bond acceptors (Lipinski definition) is 5. The minimum Gasteiger partial charge on any atom is -0.451 e. The fourth-order valence-corrected chi connectivity index (χ4v) is 2.43. The number of hydrogen-bond donors (Lipinski definition) is 1. The normalized spacial score (nSPS) is 13.4. The van der Waals surface area contributed by atoms with Crippen LogP contribution in [0, 0.1) is 0 Å². The van der Waals surface area contributed by atoms with Crippen LogP contribution in [0.1, 0.15) is 25.5 Å². The van der Waals surface area contributed by atoms with Crippen molar-refractivity contribution in [1.29, 1.82) is 0 Å². The molecule has 0 bridgehead atoms. The zero-order chi connectivity index (χ0) is 18.0. The third kappa shape index (κ3) is 3.59. The number of benzene rings is 2. The highest BCUT2D eigenvalue weighted by molar-refractivity contribution is 5.87. The summed E-state index contributed by atoms with van der Waals surface area (Å²) >= 11 is 0. The van der Waals surface area contributed by atoms with Crippen LogP contribution in [-0.2, 0) is 9.53 Å². The molecule has 1 N–H and O–H groups in total. The Hall–Kier alpha value is -2.99. The minimum absolute atomic E-state index is 0.287. The van der Waals surface area contributed by atoms with Crippen molar-refractivity contribution in [1.82, 2.24) is 15.0 Å². The number of aliphatic hydroxyl groups excluding tert-OH is 1. The molecular weight excluding hydrogens is 318 g/mol. The van der Waals surface area contributed by atoms with Gasteiger partial charge in [-0.05, 0) is 43.7 Å². The van der Waals surface area contributed by atoms with Crippen molar-refractivity contribution < 1.29 is 14.6 Å². The van der Waals surface area contributed by atoms with Crippen LogP contribution in [0.2, 0.25) is 0 Å². The molecule has 6 nitrogen and oxygen atoms in total. The molecule has 3 aromatic rings. The summed E-state index contributed by atoms with van der Waals surface area (Å²) in [6, 6.07) is 14.8. The SMILES string of the molecule is C=C(C)C(=O)OC(c1ccc(-n2nc3ccccc3n2)cc1)C(C)O. The first-order chi connectivity index (χ1) is 12.0. The third-order valence-corrected chi connectivity index (χ3v) is 3.76. The summed E-state index contributed by atoms with van der Waals surface area (Å²) < 4.78 is 5.33. The number of carbonyl (C=O) groups excluding carboxylic acids is 1. The maximum atomic E-state index is 11.8. The molecule has 1 heterocycles. The second kappa shape index (κ2) is 6.86. The van der Waals surface area contributed by atoms with Crippen molar-refractivity contribution in [3.8, 4) is 5.69 Å². The van der Waals surface area contributed by atoms with Crippen molar-refractivity contribution in [3.05, 3.63) is 66.2 Å². The van der Waals surface area contributed by atoms with E-state index in [4.69, 9.17) is 4.74 Å². The van der Waals surface area contributed by atoms with Gasteiger partial charge in [0.1, 0.15) is 11.0 Å². The predicted molar refractivity (Wildman–Crippen MR) is 94.2 cm³/mol. The Kier molecular flexibility index (Phi) is 4.63. The molecule has 1 aromatic heterocycles. The molecule has 0 amide bonds. The molecule has 0 aliphatic heterocycles. The van der Waals surface area contributed by atoms with E-state index in [1.807, 2.05) is 36.4 Å². The molecule has 0 fully saturated rings. The summed E-state index contributed by atoms with van der Waals surface area (Å²) in [7, 11) is 0. The summed E-state index contributed by atoms with van der Waals surface area (Å²) in [6.45, 7) is 6.70. The van der Waals surface area contributed by atoms with Gasteiger partial charge in [-0.25, -0.2) is 4.79 Å². The van der Waals surface area contributed by atoms with Gasteiger partial charge >= 0.3 is 5.97 Å². The van der Waals surface area contributed by atoms with Crippen LogP contribution in [0.3, 0.4) is 0 Å². The van der Waals surface area contributed by atoms with Crippen LogP contribution >= 0.6 is 0 Å². The molecule has 2 aromatic carbocycles. The molecule has 2 atom stereocenters. The Labute approximate surface area is 145 Å². The van der Waals surface area contributed by atoms with Crippen LogP contribution < -0.4 is 0 Å². The summed E-state index contributed by atoms with van der Waals surface area (Å²) in [5, 5.41) is 18.8. The van der Waals surface area contributed by atoms with Gasteiger partial charge in [0.05, 0.1) is 11.8 Å². The van der Waals surface area contributed by atoms with Crippen molar-refractivity contribution in [3.63, 3.8) is 0 Å². The standard InChI is InChI=1S/C19H19N3O3/c1-12(2)19(24)25-18(13(3)23)14-8-10-15(11-9-14)22-20-16-6-4-5-7-17(16)21-22/h4-11,13,18,23H,1H2,2-3H3. The molecule has 0 spiro atoms. The van der Waals surface area contributed by atoms with Gasteiger partial charge in [0.2, 0.25) is 0 Å². The summed E-state index contributed by atoms with van der Waals surface area (Å²) in [6.07, 6.45) is -1.61. The number of fused-ring (bicyclic) bond motifs is 1. The van der Waals surface area contributed by atoms with Crippen LogP contribution in [0.5, 0.6) is 0 Å². The number of aromatic nitrogens is 3. The largest absolute Gasteiger partial charge is 0.451 e. The Morgan fingerprint density at radius 2 is 1.68 bits per heavy atom. The van der Waals surface area contributed by atoms with Gasteiger partial charge in [0, 0.05) is 5.57 Å². The molecule has 2 unspecified atom stereocenters. The fraction of sp³-hybridized carbons (Fsp3) is 0.211. The molecule has 0 saturated carbocycles. The van der Waals surface area contributed by atoms with Gasteiger partial charge in [0.15, 0.2) is 6.10 Å². The monoisotopic (exact) mass is 337 g/mol.